The van der Waals surface area contributed by atoms with Gasteiger partial charge in [-0.2, -0.15) is 0 Å². The van der Waals surface area contributed by atoms with E-state index in [2.05, 4.69) is 14.8 Å². The zero-order chi connectivity index (χ0) is 13.2. The van der Waals surface area contributed by atoms with Crippen molar-refractivity contribution in [2.75, 3.05) is 7.11 Å². The maximum Gasteiger partial charge on any atom is 0.167 e. The van der Waals surface area contributed by atoms with Crippen molar-refractivity contribution in [3.05, 3.63) is 47.5 Å². The average molecular weight is 278 g/mol. The third kappa shape index (κ3) is 2.38. The van der Waals surface area contributed by atoms with E-state index in [0.717, 1.165) is 17.2 Å². The molecule has 2 aromatic rings. The standard InChI is InChI=1S/C14H16ClN3O/c1-19-13(10-5-3-2-4-6-10)14-17-16-12(9-15)18(14)11-7-8-11/h2-6,11,13H,7-9H2,1H3. The van der Waals surface area contributed by atoms with Crippen molar-refractivity contribution in [2.24, 2.45) is 0 Å². The van der Waals surface area contributed by atoms with Gasteiger partial charge in [0, 0.05) is 13.2 Å². The molecule has 100 valence electrons. The molecule has 1 aliphatic carbocycles. The summed E-state index contributed by atoms with van der Waals surface area (Å²) in [6, 6.07) is 10.6. The SMILES string of the molecule is COC(c1ccccc1)c1nnc(CCl)n1C1CC1. The monoisotopic (exact) mass is 277 g/mol. The molecule has 0 saturated heterocycles. The molecule has 5 heteroatoms. The Labute approximate surface area is 117 Å². The van der Waals surface area contributed by atoms with Gasteiger partial charge in [0.25, 0.3) is 0 Å². The van der Waals surface area contributed by atoms with Crippen LogP contribution >= 0.6 is 11.6 Å². The molecule has 1 aliphatic rings. The predicted molar refractivity (Wildman–Crippen MR) is 73.1 cm³/mol. The molecule has 0 radical (unpaired) electrons. The topological polar surface area (TPSA) is 39.9 Å². The highest BCUT2D eigenvalue weighted by Gasteiger charge is 2.32. The second-order valence-corrected chi connectivity index (χ2v) is 5.00. The molecule has 1 aromatic heterocycles. The highest BCUT2D eigenvalue weighted by atomic mass is 35.5. The van der Waals surface area contributed by atoms with E-state index in [0.29, 0.717) is 11.9 Å². The van der Waals surface area contributed by atoms with Crippen molar-refractivity contribution in [3.8, 4) is 0 Å². The molecule has 1 saturated carbocycles. The summed E-state index contributed by atoms with van der Waals surface area (Å²) in [7, 11) is 1.70. The summed E-state index contributed by atoms with van der Waals surface area (Å²) < 4.78 is 7.78. The Kier molecular flexibility index (Phi) is 3.53. The van der Waals surface area contributed by atoms with Gasteiger partial charge >= 0.3 is 0 Å². The molecule has 1 unspecified atom stereocenters. The fourth-order valence-electron chi connectivity index (χ4n) is 2.36. The Morgan fingerprint density at radius 2 is 2.05 bits per heavy atom. The van der Waals surface area contributed by atoms with Gasteiger partial charge in [-0.15, -0.1) is 21.8 Å². The third-order valence-corrected chi connectivity index (χ3v) is 3.64. The number of benzene rings is 1. The highest BCUT2D eigenvalue weighted by Crippen LogP contribution is 2.39. The van der Waals surface area contributed by atoms with Crippen molar-refractivity contribution in [2.45, 2.75) is 30.9 Å². The number of hydrogen-bond donors (Lipinski definition) is 0. The number of methoxy groups -OCH3 is 1. The minimum Gasteiger partial charge on any atom is -0.369 e. The summed E-state index contributed by atoms with van der Waals surface area (Å²) in [5.41, 5.74) is 1.08. The molecule has 0 spiro atoms. The lowest BCUT2D eigenvalue weighted by Gasteiger charge is -2.17. The third-order valence-electron chi connectivity index (χ3n) is 3.40. The predicted octanol–water partition coefficient (Wildman–Crippen LogP) is 3.09. The van der Waals surface area contributed by atoms with Crippen molar-refractivity contribution in [1.82, 2.24) is 14.8 Å². The van der Waals surface area contributed by atoms with E-state index in [1.165, 1.54) is 12.8 Å². The van der Waals surface area contributed by atoms with E-state index in [4.69, 9.17) is 16.3 Å². The number of ether oxygens (including phenoxy) is 1. The van der Waals surface area contributed by atoms with Crippen molar-refractivity contribution in [1.29, 1.82) is 0 Å². The molecule has 1 fully saturated rings. The number of halogens is 1. The van der Waals surface area contributed by atoms with Crippen LogP contribution in [0.5, 0.6) is 0 Å². The van der Waals surface area contributed by atoms with Crippen LogP contribution in [0.1, 0.15) is 42.2 Å². The Balaban J connectivity index is 2.02. The average Bonchev–Trinajstić information content (AvgIpc) is 3.21. The minimum atomic E-state index is -0.189. The number of rotatable bonds is 5. The molecule has 19 heavy (non-hydrogen) atoms. The van der Waals surface area contributed by atoms with Gasteiger partial charge in [-0.25, -0.2) is 0 Å². The first-order valence-corrected chi connectivity index (χ1v) is 6.96. The second-order valence-electron chi connectivity index (χ2n) is 4.74. The molecular weight excluding hydrogens is 262 g/mol. The first kappa shape index (κ1) is 12.6. The molecule has 0 bridgehead atoms. The van der Waals surface area contributed by atoms with Crippen LogP contribution in [0.15, 0.2) is 30.3 Å². The van der Waals surface area contributed by atoms with Gasteiger partial charge in [0.1, 0.15) is 11.9 Å². The Hall–Kier alpha value is -1.39. The van der Waals surface area contributed by atoms with Gasteiger partial charge in [0.05, 0.1) is 5.88 Å². The zero-order valence-electron chi connectivity index (χ0n) is 10.8. The van der Waals surface area contributed by atoms with Crippen LogP contribution in [0.3, 0.4) is 0 Å². The summed E-state index contributed by atoms with van der Waals surface area (Å²) in [5, 5.41) is 8.49. The molecule has 3 rings (SSSR count). The molecular formula is C14H16ClN3O. The zero-order valence-corrected chi connectivity index (χ0v) is 11.5. The molecule has 1 heterocycles. The Morgan fingerprint density at radius 3 is 2.63 bits per heavy atom. The van der Waals surface area contributed by atoms with Gasteiger partial charge in [0.2, 0.25) is 0 Å². The van der Waals surface area contributed by atoms with E-state index in [1.807, 2.05) is 30.3 Å². The Morgan fingerprint density at radius 1 is 1.32 bits per heavy atom. The Bertz CT molecular complexity index is 551. The molecule has 4 nitrogen and oxygen atoms in total. The first-order chi connectivity index (χ1) is 9.35. The van der Waals surface area contributed by atoms with E-state index in [9.17, 15) is 0 Å². The van der Waals surface area contributed by atoms with Crippen LogP contribution in [-0.2, 0) is 10.6 Å². The molecule has 0 aliphatic heterocycles. The highest BCUT2D eigenvalue weighted by molar-refractivity contribution is 6.16. The number of hydrogen-bond acceptors (Lipinski definition) is 3. The summed E-state index contributed by atoms with van der Waals surface area (Å²) in [4.78, 5) is 0. The molecule has 0 amide bonds. The fraction of sp³-hybridized carbons (Fsp3) is 0.429. The van der Waals surface area contributed by atoms with E-state index >= 15 is 0 Å². The van der Waals surface area contributed by atoms with Crippen LogP contribution in [0, 0.1) is 0 Å². The molecule has 1 atom stereocenters. The summed E-state index contributed by atoms with van der Waals surface area (Å²) in [5.74, 6) is 2.07. The lowest BCUT2D eigenvalue weighted by Crippen LogP contribution is -2.12. The second kappa shape index (κ2) is 5.31. The minimum absolute atomic E-state index is 0.189. The lowest BCUT2D eigenvalue weighted by atomic mass is 10.1. The van der Waals surface area contributed by atoms with Gasteiger partial charge in [-0.05, 0) is 18.4 Å². The summed E-state index contributed by atoms with van der Waals surface area (Å²) in [6.07, 6.45) is 2.14. The van der Waals surface area contributed by atoms with Crippen LogP contribution in [0.25, 0.3) is 0 Å². The quantitative estimate of drug-likeness (QED) is 0.789. The summed E-state index contributed by atoms with van der Waals surface area (Å²) >= 11 is 5.95. The van der Waals surface area contributed by atoms with E-state index in [-0.39, 0.29) is 6.10 Å². The van der Waals surface area contributed by atoms with Crippen molar-refractivity contribution < 1.29 is 4.74 Å². The van der Waals surface area contributed by atoms with Crippen LogP contribution in [-0.4, -0.2) is 21.9 Å². The summed E-state index contributed by atoms with van der Waals surface area (Å²) in [6.45, 7) is 0. The van der Waals surface area contributed by atoms with Gasteiger partial charge in [-0.3, -0.25) is 0 Å². The molecule has 0 N–H and O–H groups in total. The van der Waals surface area contributed by atoms with E-state index in [1.54, 1.807) is 7.11 Å². The van der Waals surface area contributed by atoms with Gasteiger partial charge < -0.3 is 9.30 Å². The fourth-order valence-corrected chi connectivity index (χ4v) is 2.54. The van der Waals surface area contributed by atoms with E-state index < -0.39 is 0 Å². The number of alkyl halides is 1. The maximum atomic E-state index is 5.95. The van der Waals surface area contributed by atoms with Crippen molar-refractivity contribution >= 4 is 11.6 Å². The van der Waals surface area contributed by atoms with Crippen molar-refractivity contribution in [3.63, 3.8) is 0 Å². The normalized spacial score (nSPS) is 16.5. The number of nitrogens with zero attached hydrogens (tertiary/aromatic N) is 3. The van der Waals surface area contributed by atoms with Gasteiger partial charge in [-0.1, -0.05) is 30.3 Å². The molecule has 1 aromatic carbocycles. The lowest BCUT2D eigenvalue weighted by molar-refractivity contribution is 0.125. The van der Waals surface area contributed by atoms with Gasteiger partial charge in [0.15, 0.2) is 5.82 Å². The maximum absolute atomic E-state index is 5.95. The van der Waals surface area contributed by atoms with Crippen LogP contribution < -0.4 is 0 Å². The largest absolute Gasteiger partial charge is 0.369 e. The van der Waals surface area contributed by atoms with Crippen LogP contribution in [0.4, 0.5) is 0 Å². The smallest absolute Gasteiger partial charge is 0.167 e. The number of aromatic nitrogens is 3. The first-order valence-electron chi connectivity index (χ1n) is 6.42. The van der Waals surface area contributed by atoms with Crippen LogP contribution in [0.2, 0.25) is 0 Å².